The van der Waals surface area contributed by atoms with E-state index in [9.17, 15) is 14.0 Å². The quantitative estimate of drug-likeness (QED) is 0.618. The molecule has 0 aromatic heterocycles. The van der Waals surface area contributed by atoms with Gasteiger partial charge in [0.1, 0.15) is 18.2 Å². The van der Waals surface area contributed by atoms with Crippen molar-refractivity contribution in [1.82, 2.24) is 5.32 Å². The highest BCUT2D eigenvalue weighted by Gasteiger charge is 2.12. The minimum absolute atomic E-state index is 0.0775. The number of fused-ring (bicyclic) bond motifs is 1. The molecule has 3 aromatic carbocycles. The van der Waals surface area contributed by atoms with Crippen LogP contribution in [-0.2, 0) is 22.7 Å². The van der Waals surface area contributed by atoms with Gasteiger partial charge in [0.05, 0.1) is 6.42 Å². The highest BCUT2D eigenvalue weighted by atomic mass is 19.1. The van der Waals surface area contributed by atoms with Gasteiger partial charge in [-0.3, -0.25) is 9.59 Å². The Morgan fingerprint density at radius 1 is 0.964 bits per heavy atom. The SMILES string of the molecule is O=C(O)CCC(=O)NCc1c(OCc2ccc(F)cc2)ccc2ccccc12. The molecule has 0 heterocycles. The van der Waals surface area contributed by atoms with Crippen molar-refractivity contribution >= 4 is 22.6 Å². The molecule has 144 valence electrons. The summed E-state index contributed by atoms with van der Waals surface area (Å²) in [5.41, 5.74) is 1.63. The molecule has 28 heavy (non-hydrogen) atoms. The van der Waals surface area contributed by atoms with Gasteiger partial charge < -0.3 is 15.2 Å². The van der Waals surface area contributed by atoms with Crippen molar-refractivity contribution in [3.05, 3.63) is 77.6 Å². The Morgan fingerprint density at radius 3 is 2.46 bits per heavy atom. The molecular formula is C22H20FNO4. The van der Waals surface area contributed by atoms with Crippen LogP contribution in [0.25, 0.3) is 10.8 Å². The molecule has 1 amide bonds. The van der Waals surface area contributed by atoms with Crippen LogP contribution in [0.15, 0.2) is 60.7 Å². The van der Waals surface area contributed by atoms with Crippen LogP contribution in [0, 0.1) is 5.82 Å². The summed E-state index contributed by atoms with van der Waals surface area (Å²) in [5.74, 6) is -1.04. The fraction of sp³-hybridized carbons (Fsp3) is 0.182. The second-order valence-corrected chi connectivity index (χ2v) is 6.35. The smallest absolute Gasteiger partial charge is 0.303 e. The molecule has 5 nitrogen and oxygen atoms in total. The minimum Gasteiger partial charge on any atom is -0.489 e. The van der Waals surface area contributed by atoms with Gasteiger partial charge >= 0.3 is 5.97 Å². The number of halogens is 1. The van der Waals surface area contributed by atoms with Gasteiger partial charge in [0, 0.05) is 18.5 Å². The van der Waals surface area contributed by atoms with Crippen molar-refractivity contribution < 1.29 is 23.8 Å². The highest BCUT2D eigenvalue weighted by molar-refractivity contribution is 5.88. The summed E-state index contributed by atoms with van der Waals surface area (Å²) in [6.07, 6.45) is -0.291. The number of ether oxygens (including phenoxy) is 1. The van der Waals surface area contributed by atoms with E-state index in [4.69, 9.17) is 9.84 Å². The second kappa shape index (κ2) is 8.99. The van der Waals surface area contributed by atoms with Crippen molar-refractivity contribution in [3.63, 3.8) is 0 Å². The number of hydrogen-bond acceptors (Lipinski definition) is 3. The number of carboxylic acids is 1. The first kappa shape index (κ1) is 19.4. The van der Waals surface area contributed by atoms with Crippen molar-refractivity contribution in [1.29, 1.82) is 0 Å². The van der Waals surface area contributed by atoms with Crippen LogP contribution in [0.3, 0.4) is 0 Å². The van der Waals surface area contributed by atoms with Gasteiger partial charge in [0.25, 0.3) is 0 Å². The molecule has 0 aliphatic carbocycles. The van der Waals surface area contributed by atoms with Gasteiger partial charge in [0.15, 0.2) is 0 Å². The number of carboxylic acid groups (broad SMARTS) is 1. The molecule has 0 fully saturated rings. The Kier molecular flexibility index (Phi) is 6.22. The lowest BCUT2D eigenvalue weighted by atomic mass is 10.0. The van der Waals surface area contributed by atoms with E-state index in [-0.39, 0.29) is 37.7 Å². The van der Waals surface area contributed by atoms with Crippen molar-refractivity contribution in [2.75, 3.05) is 0 Å². The lowest BCUT2D eigenvalue weighted by Crippen LogP contribution is -2.23. The first-order valence-corrected chi connectivity index (χ1v) is 8.89. The van der Waals surface area contributed by atoms with Gasteiger partial charge in [0.2, 0.25) is 5.91 Å². The minimum atomic E-state index is -1.01. The molecule has 0 saturated carbocycles. The van der Waals surface area contributed by atoms with E-state index >= 15 is 0 Å². The summed E-state index contributed by atoms with van der Waals surface area (Å²) in [6, 6.07) is 17.6. The lowest BCUT2D eigenvalue weighted by molar-refractivity contribution is -0.138. The zero-order valence-electron chi connectivity index (χ0n) is 15.2. The molecular weight excluding hydrogens is 361 g/mol. The fourth-order valence-corrected chi connectivity index (χ4v) is 2.87. The fourth-order valence-electron chi connectivity index (χ4n) is 2.87. The van der Waals surface area contributed by atoms with Crippen LogP contribution in [0.1, 0.15) is 24.0 Å². The average Bonchev–Trinajstić information content (AvgIpc) is 2.70. The van der Waals surface area contributed by atoms with Crippen LogP contribution in [0.2, 0.25) is 0 Å². The monoisotopic (exact) mass is 381 g/mol. The molecule has 0 saturated heterocycles. The van der Waals surface area contributed by atoms with E-state index in [0.29, 0.717) is 5.75 Å². The normalized spacial score (nSPS) is 10.6. The van der Waals surface area contributed by atoms with Gasteiger partial charge in [-0.05, 0) is 34.5 Å². The molecule has 6 heteroatoms. The number of nitrogens with one attached hydrogen (secondary N) is 1. The molecule has 3 aromatic rings. The predicted octanol–water partition coefficient (Wildman–Crippen LogP) is 4.04. The number of aliphatic carboxylic acids is 1. The van der Waals surface area contributed by atoms with E-state index in [1.807, 2.05) is 36.4 Å². The lowest BCUT2D eigenvalue weighted by Gasteiger charge is -2.15. The maximum absolute atomic E-state index is 13.1. The third-order valence-electron chi connectivity index (χ3n) is 4.33. The van der Waals surface area contributed by atoms with Crippen LogP contribution in [0.4, 0.5) is 4.39 Å². The molecule has 0 atom stereocenters. The molecule has 2 N–H and O–H groups in total. The summed E-state index contributed by atoms with van der Waals surface area (Å²) >= 11 is 0. The Labute approximate surface area is 161 Å². The Balaban J connectivity index is 1.78. The molecule has 0 bridgehead atoms. The number of hydrogen-bond donors (Lipinski definition) is 2. The van der Waals surface area contributed by atoms with Crippen molar-refractivity contribution in [2.45, 2.75) is 26.0 Å². The number of rotatable bonds is 8. The predicted molar refractivity (Wildman–Crippen MR) is 103 cm³/mol. The third kappa shape index (κ3) is 5.07. The Bertz CT molecular complexity index is 985. The molecule has 0 aliphatic rings. The van der Waals surface area contributed by atoms with E-state index in [1.165, 1.54) is 12.1 Å². The maximum Gasteiger partial charge on any atom is 0.303 e. The Hall–Kier alpha value is -3.41. The summed E-state index contributed by atoms with van der Waals surface area (Å²) in [6.45, 7) is 0.483. The number of benzene rings is 3. The van der Waals surface area contributed by atoms with Crippen LogP contribution in [0.5, 0.6) is 5.75 Å². The van der Waals surface area contributed by atoms with Gasteiger partial charge in [-0.1, -0.05) is 42.5 Å². The summed E-state index contributed by atoms with van der Waals surface area (Å²) in [4.78, 5) is 22.6. The molecule has 0 spiro atoms. The largest absolute Gasteiger partial charge is 0.489 e. The van der Waals surface area contributed by atoms with Crippen LogP contribution >= 0.6 is 0 Å². The van der Waals surface area contributed by atoms with E-state index < -0.39 is 5.97 Å². The topological polar surface area (TPSA) is 75.6 Å². The molecule has 0 radical (unpaired) electrons. The van der Waals surface area contributed by atoms with Crippen LogP contribution in [-0.4, -0.2) is 17.0 Å². The third-order valence-corrected chi connectivity index (χ3v) is 4.33. The van der Waals surface area contributed by atoms with E-state index in [2.05, 4.69) is 5.32 Å². The van der Waals surface area contributed by atoms with Crippen molar-refractivity contribution in [3.8, 4) is 5.75 Å². The van der Waals surface area contributed by atoms with Gasteiger partial charge in [-0.25, -0.2) is 4.39 Å². The van der Waals surface area contributed by atoms with Crippen LogP contribution < -0.4 is 10.1 Å². The first-order valence-electron chi connectivity index (χ1n) is 8.89. The number of carbonyl (C=O) groups is 2. The zero-order chi connectivity index (χ0) is 19.9. The number of carbonyl (C=O) groups excluding carboxylic acids is 1. The Morgan fingerprint density at radius 2 is 1.71 bits per heavy atom. The molecule has 0 aliphatic heterocycles. The average molecular weight is 381 g/mol. The number of amides is 1. The summed E-state index contributed by atoms with van der Waals surface area (Å²) < 4.78 is 19.0. The van der Waals surface area contributed by atoms with Crippen molar-refractivity contribution in [2.24, 2.45) is 0 Å². The summed E-state index contributed by atoms with van der Waals surface area (Å²) in [7, 11) is 0. The highest BCUT2D eigenvalue weighted by Crippen LogP contribution is 2.29. The van der Waals surface area contributed by atoms with E-state index in [0.717, 1.165) is 21.9 Å². The molecule has 3 rings (SSSR count). The van der Waals surface area contributed by atoms with E-state index in [1.54, 1.807) is 12.1 Å². The summed E-state index contributed by atoms with van der Waals surface area (Å²) in [5, 5.41) is 13.4. The van der Waals surface area contributed by atoms with Gasteiger partial charge in [-0.2, -0.15) is 0 Å². The first-order chi connectivity index (χ1) is 13.5. The standard InChI is InChI=1S/C22H20FNO4/c23-17-8-5-15(6-9-17)14-28-20-10-7-16-3-1-2-4-18(16)19(20)13-24-21(25)11-12-22(26)27/h1-10H,11-14H2,(H,24,25)(H,26,27). The maximum atomic E-state index is 13.1. The molecule has 0 unspecified atom stereocenters. The second-order valence-electron chi connectivity index (χ2n) is 6.35. The van der Waals surface area contributed by atoms with Gasteiger partial charge in [-0.15, -0.1) is 0 Å². The zero-order valence-corrected chi connectivity index (χ0v) is 15.2.